The van der Waals surface area contributed by atoms with Gasteiger partial charge in [-0.05, 0) is 61.5 Å². The van der Waals surface area contributed by atoms with E-state index in [0.717, 1.165) is 20.9 Å². The van der Waals surface area contributed by atoms with Crippen LogP contribution in [-0.4, -0.2) is 5.91 Å². The minimum absolute atomic E-state index is 0.00914. The molecule has 1 aliphatic rings. The predicted molar refractivity (Wildman–Crippen MR) is 87.8 cm³/mol. The molecule has 0 fully saturated rings. The Morgan fingerprint density at radius 1 is 1.20 bits per heavy atom. The maximum Gasteiger partial charge on any atom is 0.232 e. The Morgan fingerprint density at radius 2 is 1.85 bits per heavy atom. The van der Waals surface area contributed by atoms with Crippen LogP contribution in [0.3, 0.4) is 0 Å². The lowest BCUT2D eigenvalue weighted by Gasteiger charge is -2.29. The van der Waals surface area contributed by atoms with Crippen LogP contribution in [0, 0.1) is 0 Å². The second-order valence-corrected chi connectivity index (χ2v) is 6.51. The topological polar surface area (TPSA) is 55.1 Å². The molecule has 1 amide bonds. The highest BCUT2D eigenvalue weighted by molar-refractivity contribution is 9.11. The monoisotopic (exact) mass is 394 g/mol. The van der Waals surface area contributed by atoms with Crippen LogP contribution in [0.4, 0.5) is 11.4 Å². The van der Waals surface area contributed by atoms with Gasteiger partial charge in [-0.25, -0.2) is 0 Å². The normalized spacial score (nSPS) is 16.2. The Hall–Kier alpha value is -1.33. The number of halogens is 2. The molecular weight excluding hydrogens is 384 g/mol. The molecule has 3 N–H and O–H groups in total. The van der Waals surface area contributed by atoms with E-state index in [0.29, 0.717) is 11.4 Å². The molecular formula is C15H12Br2N2O. The summed E-state index contributed by atoms with van der Waals surface area (Å²) in [4.78, 5) is 12.4. The molecule has 0 aromatic heterocycles. The number of anilines is 2. The first-order chi connectivity index (χ1) is 9.56. The van der Waals surface area contributed by atoms with Gasteiger partial charge in [-0.3, -0.25) is 4.79 Å². The number of benzene rings is 2. The standard InChI is InChI=1S/C15H12Br2N2O/c16-12-6-9(18)7-13(17)14(12)19-15(20)11-5-8-3-1-2-4-10(8)11/h1-4,6-7,11H,5,18H2,(H,19,20). The first kappa shape index (κ1) is 13.6. The highest BCUT2D eigenvalue weighted by atomic mass is 79.9. The predicted octanol–water partition coefficient (Wildman–Crippen LogP) is 4.07. The molecule has 20 heavy (non-hydrogen) atoms. The summed E-state index contributed by atoms with van der Waals surface area (Å²) in [5, 5.41) is 2.96. The molecule has 102 valence electrons. The number of rotatable bonds is 2. The van der Waals surface area contributed by atoms with Gasteiger partial charge in [0.05, 0.1) is 11.6 Å². The van der Waals surface area contributed by atoms with Gasteiger partial charge in [0.2, 0.25) is 5.91 Å². The first-order valence-electron chi connectivity index (χ1n) is 6.19. The highest BCUT2D eigenvalue weighted by Crippen LogP contribution is 2.38. The molecule has 1 aliphatic carbocycles. The summed E-state index contributed by atoms with van der Waals surface area (Å²) < 4.78 is 1.54. The van der Waals surface area contributed by atoms with Gasteiger partial charge in [0.25, 0.3) is 0 Å². The van der Waals surface area contributed by atoms with Crippen LogP contribution >= 0.6 is 31.9 Å². The van der Waals surface area contributed by atoms with E-state index in [4.69, 9.17) is 5.73 Å². The van der Waals surface area contributed by atoms with Crippen molar-refractivity contribution in [2.75, 3.05) is 11.1 Å². The van der Waals surface area contributed by atoms with Crippen molar-refractivity contribution in [3.8, 4) is 0 Å². The summed E-state index contributed by atoms with van der Waals surface area (Å²) >= 11 is 6.84. The summed E-state index contributed by atoms with van der Waals surface area (Å²) in [7, 11) is 0. The van der Waals surface area contributed by atoms with Gasteiger partial charge < -0.3 is 11.1 Å². The number of nitrogens with one attached hydrogen (secondary N) is 1. The van der Waals surface area contributed by atoms with E-state index in [-0.39, 0.29) is 11.8 Å². The van der Waals surface area contributed by atoms with Crippen LogP contribution in [0.15, 0.2) is 45.3 Å². The molecule has 0 heterocycles. The Labute approximate surface area is 133 Å². The Kier molecular flexibility index (Phi) is 3.56. The number of carbonyl (C=O) groups excluding carboxylic acids is 1. The fourth-order valence-electron chi connectivity index (χ4n) is 2.42. The minimum atomic E-state index is -0.0671. The largest absolute Gasteiger partial charge is 0.399 e. The van der Waals surface area contributed by atoms with Gasteiger partial charge in [0, 0.05) is 14.6 Å². The molecule has 0 spiro atoms. The fourth-order valence-corrected chi connectivity index (χ4v) is 3.84. The van der Waals surface area contributed by atoms with Gasteiger partial charge in [-0.15, -0.1) is 0 Å². The lowest BCUT2D eigenvalue weighted by atomic mass is 9.77. The van der Waals surface area contributed by atoms with Crippen LogP contribution in [0.2, 0.25) is 0 Å². The SMILES string of the molecule is Nc1cc(Br)c(NC(=O)C2Cc3ccccc32)c(Br)c1. The maximum absolute atomic E-state index is 12.4. The van der Waals surface area contributed by atoms with Crippen molar-refractivity contribution in [1.29, 1.82) is 0 Å². The van der Waals surface area contributed by atoms with Crippen molar-refractivity contribution in [2.24, 2.45) is 0 Å². The molecule has 2 aromatic rings. The van der Waals surface area contributed by atoms with Crippen LogP contribution in [0.1, 0.15) is 17.0 Å². The van der Waals surface area contributed by atoms with E-state index >= 15 is 0 Å². The number of nitrogens with two attached hydrogens (primary N) is 1. The van der Waals surface area contributed by atoms with Crippen molar-refractivity contribution < 1.29 is 4.79 Å². The molecule has 5 heteroatoms. The Bertz CT molecular complexity index is 677. The highest BCUT2D eigenvalue weighted by Gasteiger charge is 2.32. The summed E-state index contributed by atoms with van der Waals surface area (Å²) in [6, 6.07) is 11.6. The zero-order valence-corrected chi connectivity index (χ0v) is 13.7. The maximum atomic E-state index is 12.4. The quantitative estimate of drug-likeness (QED) is 0.753. The zero-order chi connectivity index (χ0) is 14.3. The lowest BCUT2D eigenvalue weighted by molar-refractivity contribution is -0.118. The van der Waals surface area contributed by atoms with Crippen LogP contribution < -0.4 is 11.1 Å². The molecule has 1 unspecified atom stereocenters. The van der Waals surface area contributed by atoms with Gasteiger partial charge in [-0.1, -0.05) is 24.3 Å². The van der Waals surface area contributed by atoms with E-state index < -0.39 is 0 Å². The number of hydrogen-bond donors (Lipinski definition) is 2. The summed E-state index contributed by atoms with van der Waals surface area (Å²) in [5.74, 6) is -0.0579. The second-order valence-electron chi connectivity index (χ2n) is 4.80. The van der Waals surface area contributed by atoms with Crippen LogP contribution in [0.25, 0.3) is 0 Å². The molecule has 2 aromatic carbocycles. The van der Waals surface area contributed by atoms with Crippen LogP contribution in [0.5, 0.6) is 0 Å². The molecule has 3 rings (SSSR count). The van der Waals surface area contributed by atoms with Gasteiger partial charge in [-0.2, -0.15) is 0 Å². The number of amides is 1. The Balaban J connectivity index is 1.82. The molecule has 0 bridgehead atoms. The van der Waals surface area contributed by atoms with E-state index in [1.807, 2.05) is 18.2 Å². The van der Waals surface area contributed by atoms with E-state index in [2.05, 4.69) is 43.2 Å². The van der Waals surface area contributed by atoms with Crippen molar-refractivity contribution in [3.63, 3.8) is 0 Å². The van der Waals surface area contributed by atoms with E-state index in [1.54, 1.807) is 12.1 Å². The van der Waals surface area contributed by atoms with E-state index in [9.17, 15) is 4.79 Å². The van der Waals surface area contributed by atoms with Crippen molar-refractivity contribution in [2.45, 2.75) is 12.3 Å². The van der Waals surface area contributed by atoms with Crippen molar-refractivity contribution >= 4 is 49.1 Å². The number of carbonyl (C=O) groups is 1. The van der Waals surface area contributed by atoms with Gasteiger partial charge in [0.1, 0.15) is 0 Å². The zero-order valence-electron chi connectivity index (χ0n) is 10.5. The number of hydrogen-bond acceptors (Lipinski definition) is 2. The van der Waals surface area contributed by atoms with Crippen molar-refractivity contribution in [3.05, 3.63) is 56.5 Å². The Morgan fingerprint density at radius 3 is 2.50 bits per heavy atom. The number of nitrogen functional groups attached to an aromatic ring is 1. The average molecular weight is 396 g/mol. The second kappa shape index (κ2) is 5.22. The summed E-state index contributed by atoms with van der Waals surface area (Å²) in [6.45, 7) is 0. The molecule has 3 nitrogen and oxygen atoms in total. The third-order valence-corrected chi connectivity index (χ3v) is 4.73. The third-order valence-electron chi connectivity index (χ3n) is 3.48. The molecule has 1 atom stereocenters. The fraction of sp³-hybridized carbons (Fsp3) is 0.133. The molecule has 0 saturated carbocycles. The molecule has 0 saturated heterocycles. The summed E-state index contributed by atoms with van der Waals surface area (Å²) in [5.41, 5.74) is 9.47. The third kappa shape index (κ3) is 2.36. The lowest BCUT2D eigenvalue weighted by Crippen LogP contribution is -2.30. The van der Waals surface area contributed by atoms with E-state index in [1.165, 1.54) is 5.56 Å². The molecule has 0 radical (unpaired) electrons. The average Bonchev–Trinajstić information content (AvgIpc) is 2.35. The first-order valence-corrected chi connectivity index (χ1v) is 7.78. The summed E-state index contributed by atoms with van der Waals surface area (Å²) in [6.07, 6.45) is 0.798. The minimum Gasteiger partial charge on any atom is -0.399 e. The smallest absolute Gasteiger partial charge is 0.232 e. The van der Waals surface area contributed by atoms with Gasteiger partial charge >= 0.3 is 0 Å². The number of fused-ring (bicyclic) bond motifs is 1. The van der Waals surface area contributed by atoms with Crippen molar-refractivity contribution in [1.82, 2.24) is 0 Å². The van der Waals surface area contributed by atoms with Gasteiger partial charge in [0.15, 0.2) is 0 Å². The van der Waals surface area contributed by atoms with Crippen LogP contribution in [-0.2, 0) is 11.2 Å². The molecule has 0 aliphatic heterocycles.